The largest absolute Gasteiger partial charge is 0.490 e. The number of hydrogen-bond acceptors (Lipinski definition) is 3. The molecular weight excluding hydrogens is 327 g/mol. The summed E-state index contributed by atoms with van der Waals surface area (Å²) in [5.41, 5.74) is 0. The topological polar surface area (TPSA) is 50.4 Å². The summed E-state index contributed by atoms with van der Waals surface area (Å²) in [5, 5.41) is 6.18. The number of hydrogen-bond donors (Lipinski definition) is 2. The summed E-state index contributed by atoms with van der Waals surface area (Å²) in [6.45, 7) is 2.00. The van der Waals surface area contributed by atoms with Gasteiger partial charge in [-0.05, 0) is 37.6 Å². The fourth-order valence-electron chi connectivity index (χ4n) is 2.12. The number of carbonyl (C=O) groups excluding carboxylic acids is 1. The van der Waals surface area contributed by atoms with Crippen molar-refractivity contribution in [1.29, 1.82) is 0 Å². The van der Waals surface area contributed by atoms with Gasteiger partial charge in [-0.25, -0.2) is 4.39 Å². The molecule has 1 aliphatic rings. The molecule has 4 nitrogen and oxygen atoms in total. The second-order valence-electron chi connectivity index (χ2n) is 4.78. The predicted molar refractivity (Wildman–Crippen MR) is 78.2 cm³/mol. The molecule has 0 unspecified atom stereocenters. The fourth-order valence-corrected chi connectivity index (χ4v) is 2.45. The summed E-state index contributed by atoms with van der Waals surface area (Å²) < 4.78 is 19.4. The second kappa shape index (κ2) is 7.59. The average Bonchev–Trinajstić information content (AvgIpc) is 2.42. The lowest BCUT2D eigenvalue weighted by atomic mass is 10.1. The van der Waals surface area contributed by atoms with Gasteiger partial charge in [0.05, 0.1) is 13.0 Å². The number of halogens is 2. The maximum absolute atomic E-state index is 13.5. The fraction of sp³-hybridized carbons (Fsp3) is 0.500. The van der Waals surface area contributed by atoms with Gasteiger partial charge in [-0.3, -0.25) is 4.79 Å². The zero-order chi connectivity index (χ0) is 14.4. The molecule has 110 valence electrons. The molecule has 1 saturated heterocycles. The number of nitrogens with one attached hydrogen (secondary N) is 2. The summed E-state index contributed by atoms with van der Waals surface area (Å²) >= 11 is 3.18. The van der Waals surface area contributed by atoms with Crippen molar-refractivity contribution in [2.45, 2.75) is 25.3 Å². The van der Waals surface area contributed by atoms with E-state index in [0.29, 0.717) is 4.47 Å². The predicted octanol–water partition coefficient (Wildman–Crippen LogP) is 2.23. The number of amides is 1. The highest BCUT2D eigenvalue weighted by molar-refractivity contribution is 9.10. The Bertz CT molecular complexity index is 464. The molecule has 1 fully saturated rings. The average molecular weight is 345 g/mol. The van der Waals surface area contributed by atoms with Crippen LogP contribution in [0, 0.1) is 5.82 Å². The van der Waals surface area contributed by atoms with E-state index in [1.807, 2.05) is 0 Å². The van der Waals surface area contributed by atoms with Crippen LogP contribution in [0.15, 0.2) is 22.7 Å². The molecule has 0 aliphatic carbocycles. The summed E-state index contributed by atoms with van der Waals surface area (Å²) in [7, 11) is 0. The Morgan fingerprint density at radius 3 is 3.10 bits per heavy atom. The van der Waals surface area contributed by atoms with Crippen molar-refractivity contribution in [2.24, 2.45) is 0 Å². The van der Waals surface area contributed by atoms with Crippen LogP contribution in [0.5, 0.6) is 5.75 Å². The molecule has 0 aromatic heterocycles. The first-order valence-electron chi connectivity index (χ1n) is 6.73. The van der Waals surface area contributed by atoms with Crippen molar-refractivity contribution in [2.75, 3.05) is 19.7 Å². The van der Waals surface area contributed by atoms with Crippen LogP contribution in [-0.4, -0.2) is 31.6 Å². The molecule has 0 saturated carbocycles. The van der Waals surface area contributed by atoms with E-state index in [9.17, 15) is 9.18 Å². The van der Waals surface area contributed by atoms with Crippen molar-refractivity contribution in [1.82, 2.24) is 10.6 Å². The molecule has 1 aromatic carbocycles. The van der Waals surface area contributed by atoms with Gasteiger partial charge >= 0.3 is 0 Å². The normalized spacial score (nSPS) is 18.6. The molecule has 2 rings (SSSR count). The highest BCUT2D eigenvalue weighted by Gasteiger charge is 2.15. The minimum Gasteiger partial charge on any atom is -0.490 e. The Morgan fingerprint density at radius 2 is 2.40 bits per heavy atom. The van der Waals surface area contributed by atoms with Crippen molar-refractivity contribution in [3.8, 4) is 5.75 Å². The number of carbonyl (C=O) groups is 1. The molecule has 20 heavy (non-hydrogen) atoms. The molecule has 1 aliphatic heterocycles. The van der Waals surface area contributed by atoms with E-state index in [0.717, 1.165) is 25.9 Å². The molecule has 1 heterocycles. The Hall–Kier alpha value is -1.14. The number of rotatable bonds is 5. The van der Waals surface area contributed by atoms with E-state index in [1.54, 1.807) is 12.1 Å². The Balaban J connectivity index is 1.70. The quantitative estimate of drug-likeness (QED) is 0.861. The van der Waals surface area contributed by atoms with Crippen LogP contribution in [0.1, 0.15) is 19.3 Å². The van der Waals surface area contributed by atoms with Crippen molar-refractivity contribution >= 4 is 21.8 Å². The van der Waals surface area contributed by atoms with Gasteiger partial charge in [0.1, 0.15) is 0 Å². The third kappa shape index (κ3) is 4.76. The minimum absolute atomic E-state index is 0.0591. The highest BCUT2D eigenvalue weighted by atomic mass is 79.9. The third-order valence-corrected chi connectivity index (χ3v) is 3.64. The van der Waals surface area contributed by atoms with Crippen LogP contribution >= 0.6 is 15.9 Å². The molecule has 1 atom stereocenters. The first-order valence-corrected chi connectivity index (χ1v) is 7.52. The number of ether oxygens (including phenoxy) is 1. The van der Waals surface area contributed by atoms with Crippen LogP contribution in [0.4, 0.5) is 4.39 Å². The summed E-state index contributed by atoms with van der Waals surface area (Å²) in [4.78, 5) is 11.7. The molecule has 6 heteroatoms. The Kier molecular flexibility index (Phi) is 5.79. The Labute approximate surface area is 126 Å². The third-order valence-electron chi connectivity index (χ3n) is 3.14. The summed E-state index contributed by atoms with van der Waals surface area (Å²) in [6, 6.07) is 4.78. The van der Waals surface area contributed by atoms with Crippen molar-refractivity contribution in [3.63, 3.8) is 0 Å². The zero-order valence-corrected chi connectivity index (χ0v) is 12.7. The lowest BCUT2D eigenvalue weighted by Gasteiger charge is -2.23. The lowest BCUT2D eigenvalue weighted by molar-refractivity contribution is -0.122. The van der Waals surface area contributed by atoms with Crippen molar-refractivity contribution in [3.05, 3.63) is 28.5 Å². The number of piperidine rings is 1. The second-order valence-corrected chi connectivity index (χ2v) is 5.70. The van der Waals surface area contributed by atoms with Crippen LogP contribution in [0.25, 0.3) is 0 Å². The molecule has 1 amide bonds. The van der Waals surface area contributed by atoms with Gasteiger partial charge in [0.2, 0.25) is 5.91 Å². The van der Waals surface area contributed by atoms with E-state index in [1.165, 1.54) is 6.07 Å². The summed E-state index contributed by atoms with van der Waals surface area (Å²) in [5.74, 6) is -0.326. The SMILES string of the molecule is O=C(CCOc1ccc(Br)cc1F)N[C@H]1CCCNC1. The van der Waals surface area contributed by atoms with E-state index < -0.39 is 5.82 Å². The van der Waals surface area contributed by atoms with Gasteiger partial charge in [-0.1, -0.05) is 15.9 Å². The highest BCUT2D eigenvalue weighted by Crippen LogP contribution is 2.21. The summed E-state index contributed by atoms with van der Waals surface area (Å²) in [6.07, 6.45) is 2.30. The van der Waals surface area contributed by atoms with E-state index in [-0.39, 0.29) is 30.7 Å². The van der Waals surface area contributed by atoms with Gasteiger partial charge in [0, 0.05) is 17.1 Å². The van der Waals surface area contributed by atoms with Gasteiger partial charge < -0.3 is 15.4 Å². The molecule has 1 aromatic rings. The van der Waals surface area contributed by atoms with Gasteiger partial charge in [-0.2, -0.15) is 0 Å². The van der Waals surface area contributed by atoms with Gasteiger partial charge in [0.25, 0.3) is 0 Å². The van der Waals surface area contributed by atoms with Gasteiger partial charge in [0.15, 0.2) is 11.6 Å². The first-order chi connectivity index (χ1) is 9.65. The molecule has 2 N–H and O–H groups in total. The van der Waals surface area contributed by atoms with Crippen LogP contribution in [0.3, 0.4) is 0 Å². The van der Waals surface area contributed by atoms with Gasteiger partial charge in [-0.15, -0.1) is 0 Å². The van der Waals surface area contributed by atoms with Crippen LogP contribution in [0.2, 0.25) is 0 Å². The van der Waals surface area contributed by atoms with Crippen molar-refractivity contribution < 1.29 is 13.9 Å². The smallest absolute Gasteiger partial charge is 0.223 e. The first kappa shape index (κ1) is 15.3. The molecule has 0 bridgehead atoms. The molecular formula is C14H18BrFN2O2. The number of benzene rings is 1. The van der Waals surface area contributed by atoms with E-state index in [4.69, 9.17) is 4.74 Å². The maximum Gasteiger partial charge on any atom is 0.223 e. The molecule has 0 radical (unpaired) electrons. The maximum atomic E-state index is 13.5. The minimum atomic E-state index is -0.434. The van der Waals surface area contributed by atoms with Crippen LogP contribution < -0.4 is 15.4 Å². The lowest BCUT2D eigenvalue weighted by Crippen LogP contribution is -2.45. The Morgan fingerprint density at radius 1 is 1.55 bits per heavy atom. The van der Waals surface area contributed by atoms with E-state index >= 15 is 0 Å². The monoisotopic (exact) mass is 344 g/mol. The zero-order valence-electron chi connectivity index (χ0n) is 11.1. The van der Waals surface area contributed by atoms with Crippen LogP contribution in [-0.2, 0) is 4.79 Å². The van der Waals surface area contributed by atoms with E-state index in [2.05, 4.69) is 26.6 Å². The standard InChI is InChI=1S/C14H18BrFN2O2/c15-10-3-4-13(12(16)8-10)20-7-5-14(19)18-11-2-1-6-17-9-11/h3-4,8,11,17H,1-2,5-7,9H2,(H,18,19)/t11-/m0/s1. The molecule has 0 spiro atoms.